The van der Waals surface area contributed by atoms with Gasteiger partial charge in [-0.3, -0.25) is 9.59 Å². The van der Waals surface area contributed by atoms with Crippen LogP contribution in [0.1, 0.15) is 56.5 Å². The van der Waals surface area contributed by atoms with Crippen molar-refractivity contribution < 1.29 is 27.5 Å². The SMILES string of the molecule is Cc1ccc(OCC(=O)N2CCC(c3nc(C(=O)NCc4ccccc4C(F)(F)F)cs3)CC2)cc1C. The van der Waals surface area contributed by atoms with Gasteiger partial charge in [0.25, 0.3) is 11.8 Å². The van der Waals surface area contributed by atoms with E-state index in [1.54, 1.807) is 10.3 Å². The maximum Gasteiger partial charge on any atom is 0.416 e. The van der Waals surface area contributed by atoms with Crippen molar-refractivity contribution in [2.75, 3.05) is 19.7 Å². The van der Waals surface area contributed by atoms with Crippen LogP contribution in [0.25, 0.3) is 0 Å². The van der Waals surface area contributed by atoms with E-state index in [0.29, 0.717) is 31.7 Å². The Balaban J connectivity index is 1.26. The van der Waals surface area contributed by atoms with Crippen molar-refractivity contribution in [2.24, 2.45) is 0 Å². The van der Waals surface area contributed by atoms with Crippen LogP contribution in [0.3, 0.4) is 0 Å². The Morgan fingerprint density at radius 2 is 1.84 bits per heavy atom. The van der Waals surface area contributed by atoms with Gasteiger partial charge in [-0.2, -0.15) is 13.2 Å². The number of likely N-dealkylation sites (tertiary alicyclic amines) is 1. The molecule has 1 aliphatic rings. The molecule has 0 saturated carbocycles. The summed E-state index contributed by atoms with van der Waals surface area (Å²) in [4.78, 5) is 31.3. The van der Waals surface area contributed by atoms with Gasteiger partial charge in [0, 0.05) is 30.9 Å². The van der Waals surface area contributed by atoms with Crippen molar-refractivity contribution in [2.45, 2.75) is 45.3 Å². The van der Waals surface area contributed by atoms with Gasteiger partial charge >= 0.3 is 6.18 Å². The normalized spacial score (nSPS) is 14.5. The van der Waals surface area contributed by atoms with Crippen molar-refractivity contribution in [3.05, 3.63) is 80.8 Å². The van der Waals surface area contributed by atoms with Crippen molar-refractivity contribution in [3.8, 4) is 5.75 Å². The highest BCUT2D eigenvalue weighted by molar-refractivity contribution is 7.09. The molecule has 196 valence electrons. The molecule has 2 aromatic carbocycles. The average molecular weight is 532 g/mol. The Morgan fingerprint density at radius 1 is 1.11 bits per heavy atom. The van der Waals surface area contributed by atoms with Crippen LogP contribution < -0.4 is 10.1 Å². The van der Waals surface area contributed by atoms with Crippen molar-refractivity contribution in [1.82, 2.24) is 15.2 Å². The van der Waals surface area contributed by atoms with Gasteiger partial charge in [0.05, 0.1) is 10.6 Å². The number of carbonyl (C=O) groups excluding carboxylic acids is 2. The number of halogens is 3. The minimum absolute atomic E-state index is 0.00247. The highest BCUT2D eigenvalue weighted by Gasteiger charge is 2.33. The predicted octanol–water partition coefficient (Wildman–Crippen LogP) is 5.49. The number of amides is 2. The number of ether oxygens (including phenoxy) is 1. The average Bonchev–Trinajstić information content (AvgIpc) is 3.38. The highest BCUT2D eigenvalue weighted by atomic mass is 32.1. The fourth-order valence-corrected chi connectivity index (χ4v) is 5.18. The summed E-state index contributed by atoms with van der Waals surface area (Å²) in [5.74, 6) is 0.189. The van der Waals surface area contributed by atoms with E-state index in [1.165, 1.54) is 29.5 Å². The van der Waals surface area contributed by atoms with Gasteiger partial charge in [0.15, 0.2) is 6.61 Å². The van der Waals surface area contributed by atoms with E-state index in [-0.39, 0.29) is 36.2 Å². The molecule has 1 N–H and O–H groups in total. The monoisotopic (exact) mass is 531 g/mol. The number of alkyl halides is 3. The Morgan fingerprint density at radius 3 is 2.54 bits per heavy atom. The van der Waals surface area contributed by atoms with E-state index in [1.807, 2.05) is 32.0 Å². The molecule has 0 unspecified atom stereocenters. The van der Waals surface area contributed by atoms with Crippen molar-refractivity contribution >= 4 is 23.2 Å². The van der Waals surface area contributed by atoms with Crippen LogP contribution in [0.2, 0.25) is 0 Å². The Labute approximate surface area is 217 Å². The molecule has 0 bridgehead atoms. The molecule has 2 heterocycles. The first kappa shape index (κ1) is 26.7. The lowest BCUT2D eigenvalue weighted by atomic mass is 9.97. The third kappa shape index (κ3) is 6.68. The molecule has 10 heteroatoms. The van der Waals surface area contributed by atoms with Crippen molar-refractivity contribution in [3.63, 3.8) is 0 Å². The summed E-state index contributed by atoms with van der Waals surface area (Å²) in [6.45, 7) is 4.88. The van der Waals surface area contributed by atoms with E-state index >= 15 is 0 Å². The zero-order chi connectivity index (χ0) is 26.6. The topological polar surface area (TPSA) is 71.5 Å². The van der Waals surface area contributed by atoms with E-state index in [2.05, 4.69) is 10.3 Å². The number of piperidine rings is 1. The maximum absolute atomic E-state index is 13.2. The van der Waals surface area contributed by atoms with Gasteiger partial charge in [-0.15, -0.1) is 11.3 Å². The van der Waals surface area contributed by atoms with Crippen molar-refractivity contribution in [1.29, 1.82) is 0 Å². The Kier molecular flexibility index (Phi) is 8.16. The number of nitrogens with one attached hydrogen (secondary N) is 1. The van der Waals surface area contributed by atoms with E-state index in [4.69, 9.17) is 4.74 Å². The molecule has 2 amide bonds. The number of carbonyl (C=O) groups is 2. The molecular formula is C27H28F3N3O3S. The van der Waals surface area contributed by atoms with Gasteiger partial charge < -0.3 is 15.0 Å². The largest absolute Gasteiger partial charge is 0.484 e. The molecular weight excluding hydrogens is 503 g/mol. The molecule has 1 fully saturated rings. The molecule has 0 atom stereocenters. The summed E-state index contributed by atoms with van der Waals surface area (Å²) in [5.41, 5.74) is 1.68. The van der Waals surface area contributed by atoms with Gasteiger partial charge in [0.1, 0.15) is 11.4 Å². The molecule has 1 saturated heterocycles. The molecule has 6 nitrogen and oxygen atoms in total. The number of nitrogens with zero attached hydrogens (tertiary/aromatic N) is 2. The molecule has 1 aliphatic heterocycles. The van der Waals surface area contributed by atoms with Gasteiger partial charge in [-0.05, 0) is 61.6 Å². The third-order valence-corrected chi connectivity index (χ3v) is 7.56. The molecule has 3 aromatic rings. The van der Waals surface area contributed by atoms with Crippen LogP contribution in [0.5, 0.6) is 5.75 Å². The number of hydrogen-bond donors (Lipinski definition) is 1. The second-order valence-corrected chi connectivity index (χ2v) is 9.99. The van der Waals surface area contributed by atoms with Crippen LogP contribution in [0.4, 0.5) is 13.2 Å². The number of benzene rings is 2. The summed E-state index contributed by atoms with van der Waals surface area (Å²) in [7, 11) is 0. The zero-order valence-electron chi connectivity index (χ0n) is 20.6. The van der Waals surface area contributed by atoms with Gasteiger partial charge in [0.2, 0.25) is 0 Å². The molecule has 4 rings (SSSR count). The molecule has 0 radical (unpaired) electrons. The van der Waals surface area contributed by atoms with Crippen LogP contribution >= 0.6 is 11.3 Å². The number of rotatable bonds is 7. The molecule has 37 heavy (non-hydrogen) atoms. The fourth-order valence-electron chi connectivity index (χ4n) is 4.21. The lowest BCUT2D eigenvalue weighted by molar-refractivity contribution is -0.138. The van der Waals surface area contributed by atoms with Crippen LogP contribution in [0, 0.1) is 13.8 Å². The summed E-state index contributed by atoms with van der Waals surface area (Å²) in [6, 6.07) is 10.9. The summed E-state index contributed by atoms with van der Waals surface area (Å²) in [5, 5.41) is 4.95. The van der Waals surface area contributed by atoms with Gasteiger partial charge in [-0.25, -0.2) is 4.98 Å². The smallest absolute Gasteiger partial charge is 0.416 e. The molecule has 0 spiro atoms. The van der Waals surface area contributed by atoms with Crippen LogP contribution in [0.15, 0.2) is 47.8 Å². The lowest BCUT2D eigenvalue weighted by Gasteiger charge is -2.31. The van der Waals surface area contributed by atoms with E-state index in [9.17, 15) is 22.8 Å². The minimum atomic E-state index is -4.49. The molecule has 1 aromatic heterocycles. The number of aryl methyl sites for hydroxylation is 2. The lowest BCUT2D eigenvalue weighted by Crippen LogP contribution is -2.40. The highest BCUT2D eigenvalue weighted by Crippen LogP contribution is 2.32. The second-order valence-electron chi connectivity index (χ2n) is 9.10. The van der Waals surface area contributed by atoms with Gasteiger partial charge in [-0.1, -0.05) is 24.3 Å². The number of thiazole rings is 1. The molecule has 0 aliphatic carbocycles. The first-order valence-electron chi connectivity index (χ1n) is 12.0. The summed E-state index contributed by atoms with van der Waals surface area (Å²) >= 11 is 1.35. The number of aromatic nitrogens is 1. The number of hydrogen-bond acceptors (Lipinski definition) is 5. The Hall–Kier alpha value is -3.40. The first-order chi connectivity index (χ1) is 17.6. The fraction of sp³-hybridized carbons (Fsp3) is 0.370. The first-order valence-corrected chi connectivity index (χ1v) is 12.9. The summed E-state index contributed by atoms with van der Waals surface area (Å²) < 4.78 is 45.2. The third-order valence-electron chi connectivity index (χ3n) is 6.55. The van der Waals surface area contributed by atoms with E-state index < -0.39 is 17.6 Å². The maximum atomic E-state index is 13.2. The quantitative estimate of drug-likeness (QED) is 0.438. The minimum Gasteiger partial charge on any atom is -0.484 e. The Bertz CT molecular complexity index is 1270. The standard InChI is InChI=1S/C27H28F3N3O3S/c1-17-7-8-21(13-18(17)2)36-15-24(34)33-11-9-19(10-12-33)26-32-23(16-37-26)25(35)31-14-20-5-3-4-6-22(20)27(28,29)30/h3-8,13,16,19H,9-12,14-15H2,1-2H3,(H,31,35). The second kappa shape index (κ2) is 11.3. The summed E-state index contributed by atoms with van der Waals surface area (Å²) in [6.07, 6.45) is -3.07. The zero-order valence-corrected chi connectivity index (χ0v) is 21.4. The van der Waals surface area contributed by atoms with E-state index in [0.717, 1.165) is 22.2 Å². The van der Waals surface area contributed by atoms with Crippen LogP contribution in [-0.4, -0.2) is 41.4 Å². The van der Waals surface area contributed by atoms with Crippen LogP contribution in [-0.2, 0) is 17.5 Å². The predicted molar refractivity (Wildman–Crippen MR) is 135 cm³/mol.